The third-order valence-electron chi connectivity index (χ3n) is 4.52. The van der Waals surface area contributed by atoms with Crippen molar-refractivity contribution >= 4 is 40.0 Å². The van der Waals surface area contributed by atoms with Gasteiger partial charge < -0.3 is 16.2 Å². The fourth-order valence-corrected chi connectivity index (χ4v) is 3.27. The number of aliphatic hydroxyl groups excluding tert-OH is 1. The molecule has 0 saturated carbocycles. The largest absolute Gasteiger partial charge is 0.382 e. The predicted molar refractivity (Wildman–Crippen MR) is 111 cm³/mol. The fourth-order valence-electron chi connectivity index (χ4n) is 3.07. The Kier molecular flexibility index (Phi) is 5.06. The molecule has 4 aromatic rings. The van der Waals surface area contributed by atoms with E-state index >= 15 is 0 Å². The third kappa shape index (κ3) is 3.56. The number of hydrogen-bond donors (Lipinski definition) is 3. The molecule has 2 heterocycles. The number of nitrogens with two attached hydrogens (primary N) is 1. The Morgan fingerprint density at radius 1 is 1.27 bits per heavy atom. The first kappa shape index (κ1) is 19.7. The number of carbonyl (C=O) groups excluding carboxylic acids is 1. The van der Waals surface area contributed by atoms with Crippen LogP contribution in [0.5, 0.6) is 0 Å². The molecule has 4 N–H and O–H groups in total. The van der Waals surface area contributed by atoms with Gasteiger partial charge >= 0.3 is 0 Å². The quantitative estimate of drug-likeness (QED) is 0.461. The number of benzene rings is 2. The molecule has 4 rings (SSSR count). The first-order valence-electron chi connectivity index (χ1n) is 8.85. The maximum Gasteiger partial charge on any atom is 0.257 e. The van der Waals surface area contributed by atoms with Crippen LogP contribution >= 0.6 is 11.6 Å². The van der Waals surface area contributed by atoms with Gasteiger partial charge in [-0.1, -0.05) is 23.7 Å². The number of aromatic nitrogens is 4. The summed E-state index contributed by atoms with van der Waals surface area (Å²) >= 11 is 5.88. The summed E-state index contributed by atoms with van der Waals surface area (Å²) in [7, 11) is 0. The van der Waals surface area contributed by atoms with E-state index in [9.17, 15) is 14.3 Å². The zero-order chi connectivity index (χ0) is 21.4. The van der Waals surface area contributed by atoms with Crippen LogP contribution in [0.4, 0.5) is 15.9 Å². The van der Waals surface area contributed by atoms with E-state index in [1.54, 1.807) is 31.2 Å². The van der Waals surface area contributed by atoms with Crippen molar-refractivity contribution in [2.24, 2.45) is 0 Å². The summed E-state index contributed by atoms with van der Waals surface area (Å²) in [6.07, 6.45) is -0.168. The van der Waals surface area contributed by atoms with Crippen LogP contribution in [-0.2, 0) is 4.79 Å². The van der Waals surface area contributed by atoms with Crippen molar-refractivity contribution in [3.8, 4) is 5.69 Å². The minimum Gasteiger partial charge on any atom is -0.382 e. The normalized spacial score (nSPS) is 12.1. The van der Waals surface area contributed by atoms with Gasteiger partial charge in [0.25, 0.3) is 5.91 Å². The van der Waals surface area contributed by atoms with Crippen LogP contribution in [0.2, 0.25) is 5.02 Å². The van der Waals surface area contributed by atoms with Crippen molar-refractivity contribution in [1.29, 1.82) is 0 Å². The van der Waals surface area contributed by atoms with Crippen LogP contribution in [-0.4, -0.2) is 30.8 Å². The van der Waals surface area contributed by atoms with E-state index in [2.05, 4.69) is 20.4 Å². The summed E-state index contributed by atoms with van der Waals surface area (Å²) in [6, 6.07) is 10.4. The zero-order valence-corrected chi connectivity index (χ0v) is 16.4. The number of anilines is 2. The van der Waals surface area contributed by atoms with Crippen molar-refractivity contribution in [3.63, 3.8) is 0 Å². The predicted octanol–water partition coefficient (Wildman–Crippen LogP) is 3.17. The standard InChI is InChI=1S/C20H16ClFN6O2/c1-10-16-17(19(23)25-9-24-16)28(27-10)13-5-6-15(14(22)8-13)26-20(30)18(29)11-3-2-4-12(21)7-11/h2-9,18,29H,1H3,(H,26,30)(H2,23,24,25)/t18-/m1/s1. The summed E-state index contributed by atoms with van der Waals surface area (Å²) in [5.74, 6) is -1.29. The first-order valence-corrected chi connectivity index (χ1v) is 9.23. The number of carbonyl (C=O) groups is 1. The second-order valence-corrected chi connectivity index (χ2v) is 7.00. The number of aryl methyl sites for hydroxylation is 1. The highest BCUT2D eigenvalue weighted by Crippen LogP contribution is 2.26. The Bertz CT molecular complexity index is 1280. The highest BCUT2D eigenvalue weighted by atomic mass is 35.5. The van der Waals surface area contributed by atoms with Crippen LogP contribution in [0.1, 0.15) is 17.4 Å². The molecule has 10 heteroatoms. The van der Waals surface area contributed by atoms with Crippen LogP contribution < -0.4 is 11.1 Å². The van der Waals surface area contributed by atoms with Crippen LogP contribution in [0.15, 0.2) is 48.8 Å². The SMILES string of the molecule is Cc1nn(-c2ccc(NC(=O)[C@H](O)c3cccc(Cl)c3)c(F)c2)c2c(N)ncnc12. The Hall–Kier alpha value is -3.56. The number of rotatable bonds is 4. The number of nitrogen functional groups attached to an aromatic ring is 1. The lowest BCUT2D eigenvalue weighted by Crippen LogP contribution is -2.21. The molecule has 152 valence electrons. The average Bonchev–Trinajstić information content (AvgIpc) is 3.07. The molecule has 2 aromatic carbocycles. The third-order valence-corrected chi connectivity index (χ3v) is 4.76. The van der Waals surface area contributed by atoms with Gasteiger partial charge in [0.15, 0.2) is 11.9 Å². The molecule has 2 aromatic heterocycles. The highest BCUT2D eigenvalue weighted by molar-refractivity contribution is 6.30. The minimum atomic E-state index is -1.50. The van der Waals surface area contributed by atoms with E-state index in [0.717, 1.165) is 0 Å². The molecular formula is C20H16ClFN6O2. The number of hydrogen-bond acceptors (Lipinski definition) is 6. The Morgan fingerprint density at radius 2 is 2.07 bits per heavy atom. The maximum absolute atomic E-state index is 14.7. The van der Waals surface area contributed by atoms with Crippen molar-refractivity contribution < 1.29 is 14.3 Å². The first-order chi connectivity index (χ1) is 14.3. The van der Waals surface area contributed by atoms with Crippen LogP contribution in [0.3, 0.4) is 0 Å². The number of fused-ring (bicyclic) bond motifs is 1. The van der Waals surface area contributed by atoms with Gasteiger partial charge in [-0.2, -0.15) is 5.10 Å². The van der Waals surface area contributed by atoms with E-state index < -0.39 is 17.8 Å². The van der Waals surface area contributed by atoms with E-state index in [1.807, 2.05) is 0 Å². The van der Waals surface area contributed by atoms with Gasteiger partial charge in [0.05, 0.1) is 17.1 Å². The Morgan fingerprint density at radius 3 is 2.80 bits per heavy atom. The Balaban J connectivity index is 1.62. The molecule has 0 fully saturated rings. The minimum absolute atomic E-state index is 0.0952. The van der Waals surface area contributed by atoms with Gasteiger partial charge in [0.1, 0.15) is 23.2 Å². The molecular weight excluding hydrogens is 411 g/mol. The van der Waals surface area contributed by atoms with Gasteiger partial charge in [-0.25, -0.2) is 19.0 Å². The molecule has 0 spiro atoms. The van der Waals surface area contributed by atoms with Crippen molar-refractivity contribution in [2.45, 2.75) is 13.0 Å². The lowest BCUT2D eigenvalue weighted by atomic mass is 10.1. The molecule has 0 aliphatic carbocycles. The van der Waals surface area contributed by atoms with Crippen molar-refractivity contribution in [2.75, 3.05) is 11.1 Å². The van der Waals surface area contributed by atoms with Gasteiger partial charge in [-0.15, -0.1) is 0 Å². The zero-order valence-electron chi connectivity index (χ0n) is 15.7. The number of amides is 1. The Labute approximate surface area is 175 Å². The second-order valence-electron chi connectivity index (χ2n) is 6.56. The van der Waals surface area contributed by atoms with E-state index in [0.29, 0.717) is 33.0 Å². The van der Waals surface area contributed by atoms with Crippen LogP contribution in [0, 0.1) is 12.7 Å². The van der Waals surface area contributed by atoms with Gasteiger partial charge in [-0.05, 0) is 36.8 Å². The molecule has 8 nitrogen and oxygen atoms in total. The summed E-state index contributed by atoms with van der Waals surface area (Å²) in [5, 5.41) is 17.3. The fraction of sp³-hybridized carbons (Fsp3) is 0.100. The van der Waals surface area contributed by atoms with E-state index in [-0.39, 0.29) is 11.5 Å². The second kappa shape index (κ2) is 7.69. The summed E-state index contributed by atoms with van der Waals surface area (Å²) in [6.45, 7) is 1.76. The smallest absolute Gasteiger partial charge is 0.257 e. The van der Waals surface area contributed by atoms with E-state index in [1.165, 1.54) is 29.2 Å². The molecule has 0 saturated heterocycles. The molecule has 1 amide bonds. The lowest BCUT2D eigenvalue weighted by Gasteiger charge is -2.13. The number of halogens is 2. The lowest BCUT2D eigenvalue weighted by molar-refractivity contribution is -0.124. The molecule has 30 heavy (non-hydrogen) atoms. The maximum atomic E-state index is 14.7. The monoisotopic (exact) mass is 426 g/mol. The molecule has 1 atom stereocenters. The van der Waals surface area contributed by atoms with E-state index in [4.69, 9.17) is 17.3 Å². The van der Waals surface area contributed by atoms with Gasteiger partial charge in [0.2, 0.25) is 0 Å². The molecule has 0 aliphatic rings. The number of nitrogens with zero attached hydrogens (tertiary/aromatic N) is 4. The summed E-state index contributed by atoms with van der Waals surface area (Å²) in [4.78, 5) is 20.5. The summed E-state index contributed by atoms with van der Waals surface area (Å²) in [5.41, 5.74) is 8.15. The average molecular weight is 427 g/mol. The van der Waals surface area contributed by atoms with Crippen molar-refractivity contribution in [1.82, 2.24) is 19.7 Å². The van der Waals surface area contributed by atoms with Gasteiger partial charge in [-0.3, -0.25) is 4.79 Å². The number of aliphatic hydroxyl groups is 1. The summed E-state index contributed by atoms with van der Waals surface area (Å²) < 4.78 is 16.2. The molecule has 0 bridgehead atoms. The van der Waals surface area contributed by atoms with Crippen LogP contribution in [0.25, 0.3) is 16.7 Å². The molecule has 0 radical (unpaired) electrons. The molecule has 0 unspecified atom stereocenters. The topological polar surface area (TPSA) is 119 Å². The molecule has 0 aliphatic heterocycles. The highest BCUT2D eigenvalue weighted by Gasteiger charge is 2.20. The number of nitrogens with one attached hydrogen (secondary N) is 1. The van der Waals surface area contributed by atoms with Crippen molar-refractivity contribution in [3.05, 3.63) is 70.9 Å². The van der Waals surface area contributed by atoms with Gasteiger partial charge in [0, 0.05) is 11.1 Å².